The summed E-state index contributed by atoms with van der Waals surface area (Å²) in [4.78, 5) is 0. The first-order valence-electron chi connectivity index (χ1n) is 5.00. The Morgan fingerprint density at radius 1 is 0.941 bits per heavy atom. The van der Waals surface area contributed by atoms with Crippen molar-refractivity contribution >= 4 is 6.08 Å². The summed E-state index contributed by atoms with van der Waals surface area (Å²) < 4.78 is 27.5. The highest BCUT2D eigenvalue weighted by Gasteiger charge is 2.13. The van der Waals surface area contributed by atoms with Gasteiger partial charge in [0, 0.05) is 5.56 Å². The maximum atomic E-state index is 11.8. The van der Waals surface area contributed by atoms with Crippen LogP contribution in [0.3, 0.4) is 0 Å². The van der Waals surface area contributed by atoms with Crippen molar-refractivity contribution in [3.63, 3.8) is 0 Å². The molecule has 1 aromatic carbocycles. The van der Waals surface area contributed by atoms with E-state index in [0.29, 0.717) is 23.6 Å². The van der Waals surface area contributed by atoms with E-state index in [2.05, 4.69) is 0 Å². The maximum Gasteiger partial charge on any atom is 0.203 e. The molecule has 0 unspecified atom stereocenters. The Morgan fingerprint density at radius 2 is 1.65 bits per heavy atom. The van der Waals surface area contributed by atoms with E-state index in [-0.39, 0.29) is 0 Å². The molecule has 0 atom stereocenters. The van der Waals surface area contributed by atoms with Crippen molar-refractivity contribution < 1.29 is 18.6 Å². The highest BCUT2D eigenvalue weighted by Crippen LogP contribution is 2.40. The zero-order valence-electron chi connectivity index (χ0n) is 10.1. The molecule has 0 spiro atoms. The molecular weight excluding hydrogens is 223 g/mol. The van der Waals surface area contributed by atoms with Crippen molar-refractivity contribution in [3.05, 3.63) is 36.2 Å². The summed E-state index contributed by atoms with van der Waals surface area (Å²) in [6, 6.07) is 3.57. The van der Waals surface area contributed by atoms with Gasteiger partial charge < -0.3 is 14.2 Å². The van der Waals surface area contributed by atoms with Crippen LogP contribution in [0.15, 0.2) is 30.6 Å². The van der Waals surface area contributed by atoms with Gasteiger partial charge in [-0.15, -0.1) is 0 Å². The van der Waals surface area contributed by atoms with E-state index in [0.717, 1.165) is 5.56 Å². The van der Waals surface area contributed by atoms with Crippen LogP contribution in [0.25, 0.3) is 6.08 Å². The molecule has 0 amide bonds. The predicted octanol–water partition coefficient (Wildman–Crippen LogP) is 3.21. The lowest BCUT2D eigenvalue weighted by Gasteiger charge is -2.13. The molecule has 17 heavy (non-hydrogen) atoms. The topological polar surface area (TPSA) is 27.7 Å². The highest BCUT2D eigenvalue weighted by atomic mass is 19.1. The summed E-state index contributed by atoms with van der Waals surface area (Å²) in [6.45, 7) is 0. The molecule has 0 radical (unpaired) electrons. The van der Waals surface area contributed by atoms with Crippen LogP contribution < -0.4 is 14.2 Å². The van der Waals surface area contributed by atoms with Crippen molar-refractivity contribution in [1.29, 1.82) is 0 Å². The van der Waals surface area contributed by atoms with E-state index in [4.69, 9.17) is 14.2 Å². The predicted molar refractivity (Wildman–Crippen MR) is 65.4 cm³/mol. The molecule has 0 saturated heterocycles. The molecule has 1 rings (SSSR count). The van der Waals surface area contributed by atoms with E-state index >= 15 is 0 Å². The van der Waals surface area contributed by atoms with Crippen LogP contribution in [0, 0.1) is 0 Å². The van der Waals surface area contributed by atoms with Crippen molar-refractivity contribution in [3.8, 4) is 17.2 Å². The van der Waals surface area contributed by atoms with Crippen molar-refractivity contribution in [2.75, 3.05) is 21.3 Å². The molecule has 3 nitrogen and oxygen atoms in total. The van der Waals surface area contributed by atoms with Gasteiger partial charge in [-0.3, -0.25) is 0 Å². The molecule has 0 heterocycles. The zero-order valence-corrected chi connectivity index (χ0v) is 10.1. The Kier molecular flexibility index (Phi) is 5.07. The van der Waals surface area contributed by atoms with E-state index in [1.54, 1.807) is 32.4 Å². The second-order valence-electron chi connectivity index (χ2n) is 3.10. The molecule has 92 valence electrons. The Morgan fingerprint density at radius 3 is 2.18 bits per heavy atom. The normalized spacial score (nSPS) is 11.1. The first-order chi connectivity index (χ1) is 8.28. The van der Waals surface area contributed by atoms with E-state index in [1.165, 1.54) is 13.2 Å². The fourth-order valence-corrected chi connectivity index (χ4v) is 1.46. The maximum absolute atomic E-state index is 11.8. The third kappa shape index (κ3) is 3.00. The van der Waals surface area contributed by atoms with Gasteiger partial charge in [0.25, 0.3) is 0 Å². The van der Waals surface area contributed by atoms with Crippen LogP contribution in [0.2, 0.25) is 0 Å². The quantitative estimate of drug-likeness (QED) is 0.737. The Labute approximate surface area is 100 Å². The lowest BCUT2D eigenvalue weighted by molar-refractivity contribution is 0.324. The van der Waals surface area contributed by atoms with Gasteiger partial charge in [0.05, 0.1) is 27.7 Å². The van der Waals surface area contributed by atoms with Crippen molar-refractivity contribution in [2.24, 2.45) is 0 Å². The van der Waals surface area contributed by atoms with Gasteiger partial charge in [0.2, 0.25) is 5.75 Å². The third-order valence-electron chi connectivity index (χ3n) is 2.19. The van der Waals surface area contributed by atoms with Gasteiger partial charge in [-0.25, -0.2) is 4.39 Å². The lowest BCUT2D eigenvalue weighted by Crippen LogP contribution is -1.96. The van der Waals surface area contributed by atoms with Crippen molar-refractivity contribution in [2.45, 2.75) is 0 Å². The molecule has 0 fully saturated rings. The summed E-state index contributed by atoms with van der Waals surface area (Å²) in [5.74, 6) is 1.65. The van der Waals surface area contributed by atoms with Crippen LogP contribution in [0.5, 0.6) is 17.2 Å². The molecule has 0 aliphatic carbocycles. The van der Waals surface area contributed by atoms with Gasteiger partial charge in [0.1, 0.15) is 0 Å². The summed E-state index contributed by atoms with van der Waals surface area (Å²) in [5, 5.41) is 0. The standard InChI is InChI=1S/C13H15FO3/c1-15-11-8-7-10(6-4-5-9-14)12(16-2)13(11)17-3/h4-9H,1-3H3/b6-4+,9-5+. The SMILES string of the molecule is COc1ccc(/C=C/C=C/F)c(OC)c1OC. The number of hydrogen-bond donors (Lipinski definition) is 0. The molecular formula is C13H15FO3. The number of allylic oxidation sites excluding steroid dienone is 2. The van der Waals surface area contributed by atoms with Gasteiger partial charge in [-0.2, -0.15) is 0 Å². The Bertz CT molecular complexity index is 425. The third-order valence-corrected chi connectivity index (χ3v) is 2.19. The molecule has 0 bridgehead atoms. The number of methoxy groups -OCH3 is 3. The summed E-state index contributed by atoms with van der Waals surface area (Å²) in [5.41, 5.74) is 0.781. The molecule has 4 heteroatoms. The van der Waals surface area contributed by atoms with Gasteiger partial charge in [-0.1, -0.05) is 12.2 Å². The monoisotopic (exact) mass is 238 g/mol. The highest BCUT2D eigenvalue weighted by molar-refractivity contribution is 5.67. The smallest absolute Gasteiger partial charge is 0.203 e. The van der Waals surface area contributed by atoms with Gasteiger partial charge in [0.15, 0.2) is 11.5 Å². The largest absolute Gasteiger partial charge is 0.493 e. The van der Waals surface area contributed by atoms with Crippen LogP contribution >= 0.6 is 0 Å². The molecule has 0 aliphatic rings. The average molecular weight is 238 g/mol. The Balaban J connectivity index is 3.23. The minimum atomic E-state index is 0.462. The first kappa shape index (κ1) is 13.1. The van der Waals surface area contributed by atoms with Crippen LogP contribution in [0.1, 0.15) is 5.56 Å². The van der Waals surface area contributed by atoms with Gasteiger partial charge in [-0.05, 0) is 18.2 Å². The molecule has 0 N–H and O–H groups in total. The number of ether oxygens (including phenoxy) is 3. The van der Waals surface area contributed by atoms with E-state index in [1.807, 2.05) is 6.07 Å². The molecule has 0 saturated carbocycles. The Hall–Kier alpha value is -1.97. The fourth-order valence-electron chi connectivity index (χ4n) is 1.46. The minimum absolute atomic E-state index is 0.462. The zero-order chi connectivity index (χ0) is 12.7. The second kappa shape index (κ2) is 6.58. The van der Waals surface area contributed by atoms with Crippen molar-refractivity contribution in [1.82, 2.24) is 0 Å². The fraction of sp³-hybridized carbons (Fsp3) is 0.231. The summed E-state index contributed by atoms with van der Waals surface area (Å²) >= 11 is 0. The summed E-state index contributed by atoms with van der Waals surface area (Å²) in [7, 11) is 4.63. The summed E-state index contributed by atoms with van der Waals surface area (Å²) in [6.07, 6.45) is 5.04. The lowest BCUT2D eigenvalue weighted by atomic mass is 10.1. The number of rotatable bonds is 5. The molecule has 0 aliphatic heterocycles. The minimum Gasteiger partial charge on any atom is -0.493 e. The van der Waals surface area contributed by atoms with E-state index < -0.39 is 0 Å². The van der Waals surface area contributed by atoms with E-state index in [9.17, 15) is 4.39 Å². The van der Waals surface area contributed by atoms with Crippen LogP contribution in [-0.4, -0.2) is 21.3 Å². The number of hydrogen-bond acceptors (Lipinski definition) is 3. The molecule has 1 aromatic rings. The number of halogens is 1. The first-order valence-corrected chi connectivity index (χ1v) is 5.00. The van der Waals surface area contributed by atoms with Gasteiger partial charge >= 0.3 is 0 Å². The molecule has 0 aromatic heterocycles. The number of benzene rings is 1. The average Bonchev–Trinajstić information content (AvgIpc) is 2.38. The second-order valence-corrected chi connectivity index (χ2v) is 3.10. The van der Waals surface area contributed by atoms with Crippen LogP contribution in [0.4, 0.5) is 4.39 Å². The van der Waals surface area contributed by atoms with Crippen LogP contribution in [-0.2, 0) is 0 Å².